The predicted molar refractivity (Wildman–Crippen MR) is 358 cm³/mol. The molecule has 0 fully saturated rings. The molecule has 0 amide bonds. The molecule has 0 aliphatic carbocycles. The highest BCUT2D eigenvalue weighted by Gasteiger charge is 2.30. The van der Waals surface area contributed by atoms with Gasteiger partial charge in [0.2, 0.25) is 0 Å². The quantitative estimate of drug-likeness (QED) is 0.0222. The molecule has 0 bridgehead atoms. The van der Waals surface area contributed by atoms with Gasteiger partial charge in [0.1, 0.15) is 19.3 Å². The maximum absolute atomic E-state index is 13.0. The van der Waals surface area contributed by atoms with E-state index < -0.39 is 97.5 Å². The zero-order valence-corrected chi connectivity index (χ0v) is 59.5. The number of esters is 4. The largest absolute Gasteiger partial charge is 0.472 e. The van der Waals surface area contributed by atoms with Gasteiger partial charge in [-0.05, 0) is 37.5 Å². The first kappa shape index (κ1) is 87.1. The van der Waals surface area contributed by atoms with Gasteiger partial charge in [-0.25, -0.2) is 9.13 Å². The molecule has 0 rings (SSSR count). The van der Waals surface area contributed by atoms with Crippen molar-refractivity contribution in [2.75, 3.05) is 39.6 Å². The van der Waals surface area contributed by atoms with Gasteiger partial charge >= 0.3 is 39.5 Å². The van der Waals surface area contributed by atoms with E-state index in [0.717, 1.165) is 102 Å². The van der Waals surface area contributed by atoms with Gasteiger partial charge in [0, 0.05) is 25.7 Å². The normalized spacial score (nSPS) is 14.1. The average Bonchev–Trinajstić information content (AvgIpc) is 3.71. The molecule has 3 N–H and O–H groups in total. The molecule has 0 aromatic heterocycles. The minimum absolute atomic E-state index is 0.106. The van der Waals surface area contributed by atoms with Crippen molar-refractivity contribution in [3.8, 4) is 0 Å². The van der Waals surface area contributed by atoms with Crippen molar-refractivity contribution < 1.29 is 80.2 Å². The molecule has 0 aliphatic rings. The second-order valence-electron chi connectivity index (χ2n) is 26.2. The van der Waals surface area contributed by atoms with Crippen LogP contribution in [0.3, 0.4) is 0 Å². The highest BCUT2D eigenvalue weighted by Crippen LogP contribution is 2.45. The van der Waals surface area contributed by atoms with Gasteiger partial charge in [0.05, 0.1) is 26.4 Å². The number of rotatable bonds is 69. The lowest BCUT2D eigenvalue weighted by molar-refractivity contribution is -0.161. The summed E-state index contributed by atoms with van der Waals surface area (Å²) >= 11 is 0. The predicted octanol–water partition coefficient (Wildman–Crippen LogP) is 20.0. The third-order valence-electron chi connectivity index (χ3n) is 16.2. The van der Waals surface area contributed by atoms with Crippen molar-refractivity contribution in [2.24, 2.45) is 11.8 Å². The molecule has 0 aliphatic heterocycles. The molecule has 0 saturated carbocycles. The highest BCUT2D eigenvalue weighted by molar-refractivity contribution is 7.47. The first-order valence-corrected chi connectivity index (χ1v) is 39.5. The fourth-order valence-electron chi connectivity index (χ4n) is 10.6. The summed E-state index contributed by atoms with van der Waals surface area (Å²) in [5, 5.41) is 10.6. The van der Waals surface area contributed by atoms with Crippen molar-refractivity contribution in [3.05, 3.63) is 0 Å². The monoisotopic (exact) mass is 1310 g/mol. The summed E-state index contributed by atoms with van der Waals surface area (Å²) in [6, 6.07) is 0. The highest BCUT2D eigenvalue weighted by atomic mass is 31.2. The minimum atomic E-state index is -4.95. The molecular formula is C70H136O17P2. The molecule has 17 nitrogen and oxygen atoms in total. The van der Waals surface area contributed by atoms with Crippen molar-refractivity contribution >= 4 is 39.5 Å². The molecule has 0 heterocycles. The first-order chi connectivity index (χ1) is 42.9. The molecule has 0 aromatic carbocycles. The van der Waals surface area contributed by atoms with Crippen LogP contribution >= 0.6 is 15.6 Å². The number of aliphatic hydroxyl groups excluding tert-OH is 1. The number of phosphoric ester groups is 2. The Balaban J connectivity index is 5.18. The third kappa shape index (κ3) is 64.6. The van der Waals surface area contributed by atoms with Crippen LogP contribution in [0.15, 0.2) is 0 Å². The number of carbonyl (C=O) groups excluding carboxylic acids is 4. The van der Waals surface area contributed by atoms with Crippen LogP contribution in [0.2, 0.25) is 0 Å². The van der Waals surface area contributed by atoms with Gasteiger partial charge < -0.3 is 33.8 Å². The summed E-state index contributed by atoms with van der Waals surface area (Å²) in [6.07, 6.45) is 47.2. The molecule has 19 heteroatoms. The molecule has 0 aromatic rings. The number of carbonyl (C=O) groups is 4. The van der Waals surface area contributed by atoms with E-state index in [-0.39, 0.29) is 25.7 Å². The number of unbranched alkanes of at least 4 members (excludes halogenated alkanes) is 39. The van der Waals surface area contributed by atoms with Crippen LogP contribution in [0.4, 0.5) is 0 Å². The molecule has 2 unspecified atom stereocenters. The van der Waals surface area contributed by atoms with Crippen molar-refractivity contribution in [2.45, 2.75) is 374 Å². The van der Waals surface area contributed by atoms with Crippen LogP contribution in [-0.2, 0) is 65.4 Å². The molecule has 89 heavy (non-hydrogen) atoms. The Morgan fingerprint density at radius 2 is 0.517 bits per heavy atom. The topological polar surface area (TPSA) is 237 Å². The smallest absolute Gasteiger partial charge is 0.462 e. The number of ether oxygens (including phenoxy) is 4. The zero-order chi connectivity index (χ0) is 65.7. The van der Waals surface area contributed by atoms with Gasteiger partial charge in [-0.15, -0.1) is 0 Å². The summed E-state index contributed by atoms with van der Waals surface area (Å²) in [5.74, 6) is -0.591. The maximum atomic E-state index is 13.0. The van der Waals surface area contributed by atoms with Crippen LogP contribution in [0.1, 0.15) is 356 Å². The van der Waals surface area contributed by atoms with E-state index in [1.54, 1.807) is 0 Å². The number of hydrogen-bond donors (Lipinski definition) is 3. The van der Waals surface area contributed by atoms with Crippen molar-refractivity contribution in [1.29, 1.82) is 0 Å². The molecule has 0 spiro atoms. The fourth-order valence-corrected chi connectivity index (χ4v) is 12.2. The Morgan fingerprint density at radius 3 is 0.764 bits per heavy atom. The summed E-state index contributed by atoms with van der Waals surface area (Å²) in [6.45, 7) is 9.52. The summed E-state index contributed by atoms with van der Waals surface area (Å²) in [7, 11) is -9.89. The van der Waals surface area contributed by atoms with Gasteiger partial charge in [0.15, 0.2) is 12.2 Å². The summed E-state index contributed by atoms with van der Waals surface area (Å²) in [5.41, 5.74) is 0. The Bertz CT molecular complexity index is 1730. The number of phosphoric acid groups is 2. The lowest BCUT2D eigenvalue weighted by Gasteiger charge is -2.21. The van der Waals surface area contributed by atoms with Gasteiger partial charge in [-0.3, -0.25) is 37.3 Å². The van der Waals surface area contributed by atoms with Crippen LogP contribution in [0.5, 0.6) is 0 Å². The lowest BCUT2D eigenvalue weighted by atomic mass is 10.0. The van der Waals surface area contributed by atoms with Gasteiger partial charge in [0.25, 0.3) is 0 Å². The van der Waals surface area contributed by atoms with Crippen LogP contribution in [-0.4, -0.2) is 96.7 Å². The van der Waals surface area contributed by atoms with E-state index in [1.165, 1.54) is 173 Å². The second-order valence-corrected chi connectivity index (χ2v) is 29.1. The number of aliphatic hydroxyl groups is 1. The summed E-state index contributed by atoms with van der Waals surface area (Å²) < 4.78 is 68.2. The van der Waals surface area contributed by atoms with E-state index in [9.17, 15) is 43.2 Å². The van der Waals surface area contributed by atoms with Crippen molar-refractivity contribution in [3.63, 3.8) is 0 Å². The first-order valence-electron chi connectivity index (χ1n) is 36.5. The fraction of sp³-hybridized carbons (Fsp3) is 0.943. The Labute approximate surface area is 543 Å². The third-order valence-corrected chi connectivity index (χ3v) is 18.1. The number of hydrogen-bond acceptors (Lipinski definition) is 15. The SMILES string of the molecule is CCCCCCCCCCCCC(=O)O[C@H](COC(=O)CCCCCCCCCCC)COP(=O)(O)OC[C@H](O)COP(=O)(O)OC[C@@H](COC(=O)CCCCCCCCCCC(C)C)OC(=O)CCCCCCCCCCCCCCCCCCC(C)C. The van der Waals surface area contributed by atoms with E-state index in [0.29, 0.717) is 25.7 Å². The van der Waals surface area contributed by atoms with Gasteiger partial charge in [-0.2, -0.15) is 0 Å². The standard InChI is InChI=1S/C70H136O17P2/c1-7-9-11-13-15-17-28-36-42-48-54-69(74)86-65(58-80-67(72)52-46-40-34-26-16-14-12-10-8-2)60-84-88(76,77)82-56-64(71)57-83-89(78,79)85-61-66(59-81-68(73)53-47-41-35-31-30-33-39-45-51-63(5)6)87-70(75)55-49-43-37-29-25-23-21-19-18-20-22-24-27-32-38-44-50-62(3)4/h62-66,71H,7-61H2,1-6H3,(H,76,77)(H,78,79)/t64-,65+,66+/m0/s1. The van der Waals surface area contributed by atoms with Crippen LogP contribution in [0, 0.1) is 11.8 Å². The van der Waals surface area contributed by atoms with E-state index in [1.807, 2.05) is 0 Å². The van der Waals surface area contributed by atoms with E-state index in [4.69, 9.17) is 37.0 Å². The Morgan fingerprint density at radius 1 is 0.303 bits per heavy atom. The Kier molecular flexibility index (Phi) is 60.8. The average molecular weight is 1310 g/mol. The van der Waals surface area contributed by atoms with Crippen LogP contribution in [0.25, 0.3) is 0 Å². The zero-order valence-electron chi connectivity index (χ0n) is 57.7. The summed E-state index contributed by atoms with van der Waals surface area (Å²) in [4.78, 5) is 72.4. The minimum Gasteiger partial charge on any atom is -0.462 e. The molecular weight excluding hydrogens is 1170 g/mol. The second kappa shape index (κ2) is 62.2. The molecule has 0 saturated heterocycles. The van der Waals surface area contributed by atoms with Crippen molar-refractivity contribution in [1.82, 2.24) is 0 Å². The maximum Gasteiger partial charge on any atom is 0.472 e. The van der Waals surface area contributed by atoms with E-state index >= 15 is 0 Å². The van der Waals surface area contributed by atoms with E-state index in [2.05, 4.69) is 41.5 Å². The lowest BCUT2D eigenvalue weighted by Crippen LogP contribution is -2.30. The van der Waals surface area contributed by atoms with Crippen LogP contribution < -0.4 is 0 Å². The Hall–Kier alpha value is -1.94. The molecule has 0 radical (unpaired) electrons. The molecule has 528 valence electrons. The molecule has 5 atom stereocenters. The van der Waals surface area contributed by atoms with Gasteiger partial charge in [-0.1, -0.05) is 305 Å².